The Labute approximate surface area is 147 Å². The zero-order valence-corrected chi connectivity index (χ0v) is 15.0. The van der Waals surface area contributed by atoms with E-state index < -0.39 is 38.8 Å². The van der Waals surface area contributed by atoms with Gasteiger partial charge in [-0.15, -0.1) is 0 Å². The highest BCUT2D eigenvalue weighted by Crippen LogP contribution is 2.21. The largest absolute Gasteiger partial charge is 0.435 e. The minimum Gasteiger partial charge on any atom is -0.435 e. The summed E-state index contributed by atoms with van der Waals surface area (Å²) in [5.41, 5.74) is -1.28. The van der Waals surface area contributed by atoms with E-state index in [1.54, 1.807) is 0 Å². The molecule has 26 heavy (non-hydrogen) atoms. The van der Waals surface area contributed by atoms with Crippen LogP contribution in [-0.2, 0) is 24.1 Å². The smallest absolute Gasteiger partial charge is 0.387 e. The van der Waals surface area contributed by atoms with E-state index >= 15 is 0 Å². The summed E-state index contributed by atoms with van der Waals surface area (Å²) in [4.78, 5) is 23.2. The zero-order chi connectivity index (χ0) is 19.6. The highest BCUT2D eigenvalue weighted by molar-refractivity contribution is 7.89. The molecule has 2 rings (SSSR count). The summed E-state index contributed by atoms with van der Waals surface area (Å²) in [5, 5.41) is 0. The summed E-state index contributed by atoms with van der Waals surface area (Å²) in [6, 6.07) is 4.67. The van der Waals surface area contributed by atoms with Crippen molar-refractivity contribution in [1.29, 1.82) is 0 Å². The molecule has 0 aliphatic rings. The first-order valence-electron chi connectivity index (χ1n) is 7.36. The fraction of sp³-hybridized carbons (Fsp3) is 0.333. The van der Waals surface area contributed by atoms with Crippen LogP contribution in [0.4, 0.5) is 8.78 Å². The summed E-state index contributed by atoms with van der Waals surface area (Å²) in [6.45, 7) is -1.53. The van der Waals surface area contributed by atoms with Crippen LogP contribution >= 0.6 is 0 Å². The topological polar surface area (TPSA) is 99.4 Å². The number of benzene rings is 1. The monoisotopic (exact) mass is 389 g/mol. The Bertz CT molecular complexity index is 1030. The van der Waals surface area contributed by atoms with Crippen LogP contribution in [0.5, 0.6) is 5.75 Å². The molecule has 1 aromatic heterocycles. The van der Waals surface area contributed by atoms with E-state index in [-0.39, 0.29) is 5.75 Å². The number of alkyl halides is 2. The van der Waals surface area contributed by atoms with Crippen molar-refractivity contribution in [3.63, 3.8) is 0 Å². The molecule has 0 spiro atoms. The van der Waals surface area contributed by atoms with Crippen molar-refractivity contribution in [2.75, 3.05) is 0 Å². The minimum absolute atomic E-state index is 0.124. The standard InChI is InChI=1S/C15H17F2N3O5S/c1-9(10-5-4-6-11(7-10)25-14(16)17)18-26(23,24)12-8-19(2)15(22)20(3)13(12)21/h4-9,14,18H,1-3H3. The van der Waals surface area contributed by atoms with Crippen LogP contribution in [0.2, 0.25) is 0 Å². The second-order valence-corrected chi connectivity index (χ2v) is 7.23. The van der Waals surface area contributed by atoms with Crippen molar-refractivity contribution in [3.8, 4) is 5.75 Å². The molecule has 0 fully saturated rings. The van der Waals surface area contributed by atoms with Gasteiger partial charge in [-0.25, -0.2) is 17.9 Å². The number of nitrogens with one attached hydrogen (secondary N) is 1. The lowest BCUT2D eigenvalue weighted by Crippen LogP contribution is -2.41. The number of halogens is 2. The number of hydrogen-bond donors (Lipinski definition) is 1. The first-order chi connectivity index (χ1) is 12.0. The van der Waals surface area contributed by atoms with Gasteiger partial charge in [-0.2, -0.15) is 8.78 Å². The third-order valence-electron chi connectivity index (χ3n) is 3.62. The third kappa shape index (κ3) is 4.17. The maximum Gasteiger partial charge on any atom is 0.387 e. The van der Waals surface area contributed by atoms with Crippen molar-refractivity contribution >= 4 is 10.0 Å². The maximum atomic E-state index is 12.5. The Morgan fingerprint density at radius 2 is 1.85 bits per heavy atom. The van der Waals surface area contributed by atoms with Crippen molar-refractivity contribution < 1.29 is 21.9 Å². The second kappa shape index (κ2) is 7.38. The number of nitrogens with zero attached hydrogens (tertiary/aromatic N) is 2. The number of ether oxygens (including phenoxy) is 1. The van der Waals surface area contributed by atoms with Gasteiger partial charge in [0.1, 0.15) is 5.75 Å². The molecule has 1 heterocycles. The lowest BCUT2D eigenvalue weighted by Gasteiger charge is -2.16. The van der Waals surface area contributed by atoms with E-state index in [0.717, 1.165) is 17.8 Å². The summed E-state index contributed by atoms with van der Waals surface area (Å²) >= 11 is 0. The van der Waals surface area contributed by atoms with Crippen molar-refractivity contribution in [2.45, 2.75) is 24.5 Å². The Morgan fingerprint density at radius 1 is 1.19 bits per heavy atom. The van der Waals surface area contributed by atoms with Gasteiger partial charge in [0.15, 0.2) is 4.90 Å². The molecule has 1 aromatic carbocycles. The van der Waals surface area contributed by atoms with Crippen LogP contribution in [0.1, 0.15) is 18.5 Å². The molecule has 2 aromatic rings. The molecule has 0 aliphatic carbocycles. The Kier molecular flexibility index (Phi) is 5.62. The molecule has 0 saturated heterocycles. The quantitative estimate of drug-likeness (QED) is 0.785. The van der Waals surface area contributed by atoms with Gasteiger partial charge < -0.3 is 9.30 Å². The van der Waals surface area contributed by atoms with E-state index in [1.807, 2.05) is 0 Å². The molecule has 0 aliphatic heterocycles. The number of aryl methyl sites for hydroxylation is 1. The summed E-state index contributed by atoms with van der Waals surface area (Å²) in [5.74, 6) is -0.124. The molecular formula is C15H17F2N3O5S. The molecule has 1 unspecified atom stereocenters. The van der Waals surface area contributed by atoms with Crippen LogP contribution in [0.25, 0.3) is 0 Å². The van der Waals surface area contributed by atoms with Crippen molar-refractivity contribution in [2.24, 2.45) is 14.1 Å². The van der Waals surface area contributed by atoms with E-state index in [0.29, 0.717) is 10.1 Å². The van der Waals surface area contributed by atoms with E-state index in [9.17, 15) is 26.8 Å². The molecule has 0 bridgehead atoms. The molecule has 0 amide bonds. The van der Waals surface area contributed by atoms with Gasteiger partial charge in [0.2, 0.25) is 10.0 Å². The third-order valence-corrected chi connectivity index (χ3v) is 5.14. The normalized spacial score (nSPS) is 13.0. The molecule has 1 atom stereocenters. The van der Waals surface area contributed by atoms with Crippen LogP contribution in [0.15, 0.2) is 44.9 Å². The predicted octanol–water partition coefficient (Wildman–Crippen LogP) is 0.725. The van der Waals surface area contributed by atoms with Gasteiger partial charge in [0.05, 0.1) is 0 Å². The summed E-state index contributed by atoms with van der Waals surface area (Å²) in [6.07, 6.45) is 0.927. The average Bonchev–Trinajstić information content (AvgIpc) is 2.55. The van der Waals surface area contributed by atoms with Gasteiger partial charge >= 0.3 is 12.3 Å². The first-order valence-corrected chi connectivity index (χ1v) is 8.85. The fourth-order valence-corrected chi connectivity index (χ4v) is 3.68. The molecule has 0 radical (unpaired) electrons. The predicted molar refractivity (Wildman–Crippen MR) is 88.7 cm³/mol. The molecule has 1 N–H and O–H groups in total. The SMILES string of the molecule is CC(NS(=O)(=O)c1cn(C)c(=O)n(C)c1=O)c1cccc(OC(F)F)c1. The molecule has 11 heteroatoms. The average molecular weight is 389 g/mol. The van der Waals surface area contributed by atoms with Gasteiger partial charge in [-0.1, -0.05) is 12.1 Å². The van der Waals surface area contributed by atoms with Crippen LogP contribution in [0.3, 0.4) is 0 Å². The van der Waals surface area contributed by atoms with E-state index in [1.165, 1.54) is 38.2 Å². The summed E-state index contributed by atoms with van der Waals surface area (Å²) in [7, 11) is -1.79. The highest BCUT2D eigenvalue weighted by Gasteiger charge is 2.24. The number of sulfonamides is 1. The van der Waals surface area contributed by atoms with Gasteiger partial charge in [0.25, 0.3) is 5.56 Å². The van der Waals surface area contributed by atoms with Crippen LogP contribution in [0, 0.1) is 0 Å². The zero-order valence-electron chi connectivity index (χ0n) is 14.1. The minimum atomic E-state index is -4.27. The first kappa shape index (κ1) is 19.8. The lowest BCUT2D eigenvalue weighted by atomic mass is 10.1. The second-order valence-electron chi connectivity index (χ2n) is 5.54. The van der Waals surface area contributed by atoms with Crippen LogP contribution < -0.4 is 20.7 Å². The van der Waals surface area contributed by atoms with Gasteiger partial charge in [-0.3, -0.25) is 9.36 Å². The van der Waals surface area contributed by atoms with E-state index in [4.69, 9.17) is 0 Å². The molecular weight excluding hydrogens is 372 g/mol. The number of aromatic nitrogens is 2. The van der Waals surface area contributed by atoms with Crippen LogP contribution in [-0.4, -0.2) is 24.2 Å². The Hall–Kier alpha value is -2.53. The molecule has 0 saturated carbocycles. The highest BCUT2D eigenvalue weighted by atomic mass is 32.2. The summed E-state index contributed by atoms with van der Waals surface area (Å²) < 4.78 is 57.9. The number of hydrogen-bond acceptors (Lipinski definition) is 5. The molecule has 8 nitrogen and oxygen atoms in total. The number of rotatable bonds is 6. The Balaban J connectivity index is 2.36. The van der Waals surface area contributed by atoms with E-state index in [2.05, 4.69) is 9.46 Å². The van der Waals surface area contributed by atoms with Crippen molar-refractivity contribution in [3.05, 3.63) is 56.9 Å². The van der Waals surface area contributed by atoms with Gasteiger partial charge in [-0.05, 0) is 24.6 Å². The maximum absolute atomic E-state index is 12.5. The lowest BCUT2D eigenvalue weighted by molar-refractivity contribution is -0.0499. The van der Waals surface area contributed by atoms with Gasteiger partial charge in [0, 0.05) is 26.3 Å². The fourth-order valence-electron chi connectivity index (χ4n) is 2.28. The Morgan fingerprint density at radius 3 is 2.46 bits per heavy atom. The van der Waals surface area contributed by atoms with Crippen molar-refractivity contribution in [1.82, 2.24) is 13.9 Å². The molecule has 142 valence electrons.